The molecule has 3 N–H and O–H groups in total. The van der Waals surface area contributed by atoms with E-state index in [2.05, 4.69) is 10.2 Å². The average Bonchev–Trinajstić information content (AvgIpc) is 3.18. The van der Waals surface area contributed by atoms with Crippen molar-refractivity contribution in [3.8, 4) is 11.3 Å². The molecule has 3 rings (SSSR count). The van der Waals surface area contributed by atoms with Crippen molar-refractivity contribution >= 4 is 0 Å². The number of benzene rings is 1. The van der Waals surface area contributed by atoms with Gasteiger partial charge >= 0.3 is 0 Å². The number of nitrogens with zero attached hydrogens (tertiary/aromatic N) is 2. The Morgan fingerprint density at radius 1 is 1.06 bits per heavy atom. The zero-order chi connectivity index (χ0) is 12.6. The fourth-order valence-corrected chi connectivity index (χ4v) is 1.92. The van der Waals surface area contributed by atoms with Crippen LogP contribution in [-0.4, -0.2) is 15.3 Å². The van der Waals surface area contributed by atoms with Gasteiger partial charge in [-0.2, -0.15) is 10.2 Å². The van der Waals surface area contributed by atoms with Crippen molar-refractivity contribution in [3.05, 3.63) is 47.7 Å². The van der Waals surface area contributed by atoms with Crippen LogP contribution in [0, 0.1) is 0 Å². The second-order valence-corrected chi connectivity index (χ2v) is 4.81. The second-order valence-electron chi connectivity index (χ2n) is 4.81. The highest BCUT2D eigenvalue weighted by atomic mass is 16.3. The molecular formula is C14H15N3O. The number of hydrogen-bond donors (Lipinski definition) is 2. The number of rotatable bonds is 3. The van der Waals surface area contributed by atoms with Crippen LogP contribution in [0.5, 0.6) is 0 Å². The highest BCUT2D eigenvalue weighted by molar-refractivity contribution is 5.58. The van der Waals surface area contributed by atoms with Crippen molar-refractivity contribution in [1.29, 1.82) is 0 Å². The summed E-state index contributed by atoms with van der Waals surface area (Å²) in [7, 11) is 0. The Bertz CT molecular complexity index is 544. The summed E-state index contributed by atoms with van der Waals surface area (Å²) in [5.41, 5.74) is 9.42. The minimum absolute atomic E-state index is 0.0561. The van der Waals surface area contributed by atoms with Crippen LogP contribution in [0.2, 0.25) is 0 Å². The van der Waals surface area contributed by atoms with E-state index in [4.69, 9.17) is 10.8 Å². The van der Waals surface area contributed by atoms with Gasteiger partial charge in [-0.25, -0.2) is 0 Å². The van der Waals surface area contributed by atoms with E-state index < -0.39 is 0 Å². The number of nitrogens with two attached hydrogens (primary N) is 1. The highest BCUT2D eigenvalue weighted by Gasteiger charge is 2.41. The van der Waals surface area contributed by atoms with Crippen molar-refractivity contribution in [2.75, 3.05) is 0 Å². The molecule has 2 aromatic rings. The molecule has 1 aromatic carbocycles. The third-order valence-electron chi connectivity index (χ3n) is 3.40. The number of hydrogen-bond acceptors (Lipinski definition) is 4. The zero-order valence-corrected chi connectivity index (χ0v) is 10.0. The van der Waals surface area contributed by atoms with Crippen LogP contribution in [0.25, 0.3) is 11.3 Å². The lowest BCUT2D eigenvalue weighted by atomic mass is 10.1. The van der Waals surface area contributed by atoms with Gasteiger partial charge in [-0.15, -0.1) is 0 Å². The van der Waals surface area contributed by atoms with Gasteiger partial charge in [-0.05, 0) is 30.5 Å². The van der Waals surface area contributed by atoms with Crippen LogP contribution >= 0.6 is 0 Å². The average molecular weight is 241 g/mol. The summed E-state index contributed by atoms with van der Waals surface area (Å²) in [5.74, 6) is 0. The Labute approximate surface area is 105 Å². The van der Waals surface area contributed by atoms with Gasteiger partial charge in [0.25, 0.3) is 0 Å². The lowest BCUT2D eigenvalue weighted by Gasteiger charge is -2.07. The van der Waals surface area contributed by atoms with Gasteiger partial charge < -0.3 is 10.8 Å². The van der Waals surface area contributed by atoms with Gasteiger partial charge in [0.2, 0.25) is 0 Å². The molecule has 18 heavy (non-hydrogen) atoms. The molecule has 0 amide bonds. The van der Waals surface area contributed by atoms with Gasteiger partial charge in [0.1, 0.15) is 0 Å². The van der Waals surface area contributed by atoms with Gasteiger partial charge in [0, 0.05) is 5.56 Å². The first kappa shape index (κ1) is 11.3. The van der Waals surface area contributed by atoms with E-state index in [9.17, 15) is 0 Å². The van der Waals surface area contributed by atoms with E-state index in [1.165, 1.54) is 0 Å². The molecule has 1 aromatic heterocycles. The first-order valence-electron chi connectivity index (χ1n) is 6.04. The Kier molecular flexibility index (Phi) is 2.61. The fourth-order valence-electron chi connectivity index (χ4n) is 1.92. The topological polar surface area (TPSA) is 72.0 Å². The van der Waals surface area contributed by atoms with E-state index in [0.29, 0.717) is 0 Å². The van der Waals surface area contributed by atoms with Crippen molar-refractivity contribution in [3.63, 3.8) is 0 Å². The first-order valence-corrected chi connectivity index (χ1v) is 6.04. The lowest BCUT2D eigenvalue weighted by Crippen LogP contribution is -2.20. The molecule has 0 spiro atoms. The largest absolute Gasteiger partial charge is 0.392 e. The van der Waals surface area contributed by atoms with Crippen LogP contribution in [0.15, 0.2) is 36.4 Å². The molecule has 0 saturated heterocycles. The summed E-state index contributed by atoms with van der Waals surface area (Å²) >= 11 is 0. The van der Waals surface area contributed by atoms with Crippen molar-refractivity contribution in [1.82, 2.24) is 10.2 Å². The predicted molar refractivity (Wildman–Crippen MR) is 68.5 cm³/mol. The molecule has 1 heterocycles. The van der Waals surface area contributed by atoms with Crippen molar-refractivity contribution < 1.29 is 5.11 Å². The number of aromatic nitrogens is 2. The second kappa shape index (κ2) is 4.15. The van der Waals surface area contributed by atoms with E-state index in [-0.39, 0.29) is 12.1 Å². The molecule has 1 saturated carbocycles. The summed E-state index contributed by atoms with van der Waals surface area (Å²) in [6.07, 6.45) is 1.98. The first-order chi connectivity index (χ1) is 8.71. The maximum atomic E-state index is 8.99. The van der Waals surface area contributed by atoms with Gasteiger partial charge in [0.15, 0.2) is 0 Å². The molecule has 4 nitrogen and oxygen atoms in total. The third kappa shape index (κ3) is 2.00. The summed E-state index contributed by atoms with van der Waals surface area (Å²) < 4.78 is 0. The van der Waals surface area contributed by atoms with Crippen LogP contribution < -0.4 is 5.73 Å². The number of aliphatic hydroxyl groups is 1. The summed E-state index contributed by atoms with van der Waals surface area (Å²) in [5, 5.41) is 17.4. The lowest BCUT2D eigenvalue weighted by molar-refractivity contribution is 0.282. The van der Waals surface area contributed by atoms with Crippen LogP contribution in [-0.2, 0) is 12.1 Å². The quantitative estimate of drug-likeness (QED) is 0.855. The standard InChI is InChI=1S/C14H15N3O/c15-14(7-8-14)13-6-5-12(16-17-13)11-3-1-10(9-18)2-4-11/h1-6,18H,7-9,15H2. The summed E-state index contributed by atoms with van der Waals surface area (Å²) in [4.78, 5) is 0. The SMILES string of the molecule is NC1(c2ccc(-c3ccc(CO)cc3)nn2)CC1. The molecule has 1 fully saturated rings. The van der Waals surface area contributed by atoms with Crippen LogP contribution in [0.1, 0.15) is 24.1 Å². The van der Waals surface area contributed by atoms with Crippen LogP contribution in [0.3, 0.4) is 0 Å². The van der Waals surface area contributed by atoms with Crippen LogP contribution in [0.4, 0.5) is 0 Å². The fraction of sp³-hybridized carbons (Fsp3) is 0.286. The minimum Gasteiger partial charge on any atom is -0.392 e. The van der Waals surface area contributed by atoms with E-state index in [0.717, 1.165) is 35.4 Å². The van der Waals surface area contributed by atoms with E-state index >= 15 is 0 Å². The molecule has 4 heteroatoms. The normalized spacial score (nSPS) is 16.6. The summed E-state index contributed by atoms with van der Waals surface area (Å²) in [6.45, 7) is 0.0561. The van der Waals surface area contributed by atoms with E-state index in [1.807, 2.05) is 36.4 Å². The van der Waals surface area contributed by atoms with Gasteiger partial charge in [-0.1, -0.05) is 24.3 Å². The Morgan fingerprint density at radius 2 is 1.78 bits per heavy atom. The molecule has 92 valence electrons. The summed E-state index contributed by atoms with van der Waals surface area (Å²) in [6, 6.07) is 11.5. The maximum Gasteiger partial charge on any atom is 0.0929 e. The predicted octanol–water partition coefficient (Wildman–Crippen LogP) is 1.58. The van der Waals surface area contributed by atoms with Crippen molar-refractivity contribution in [2.24, 2.45) is 5.73 Å². The maximum absolute atomic E-state index is 8.99. The third-order valence-corrected chi connectivity index (χ3v) is 3.40. The zero-order valence-electron chi connectivity index (χ0n) is 10.0. The molecule has 0 radical (unpaired) electrons. The smallest absolute Gasteiger partial charge is 0.0929 e. The molecule has 1 aliphatic rings. The minimum atomic E-state index is -0.230. The molecule has 0 unspecified atom stereocenters. The Hall–Kier alpha value is -1.78. The molecule has 0 aliphatic heterocycles. The highest BCUT2D eigenvalue weighted by Crippen LogP contribution is 2.41. The van der Waals surface area contributed by atoms with Gasteiger partial charge in [0.05, 0.1) is 23.5 Å². The van der Waals surface area contributed by atoms with Crippen molar-refractivity contribution in [2.45, 2.75) is 25.0 Å². The Balaban J connectivity index is 1.87. The number of aliphatic hydroxyl groups excluding tert-OH is 1. The molecular weight excluding hydrogens is 226 g/mol. The molecule has 0 atom stereocenters. The van der Waals surface area contributed by atoms with E-state index in [1.54, 1.807) is 0 Å². The van der Waals surface area contributed by atoms with Gasteiger partial charge in [-0.3, -0.25) is 0 Å². The molecule has 0 bridgehead atoms. The Morgan fingerprint density at radius 3 is 2.28 bits per heavy atom. The monoisotopic (exact) mass is 241 g/mol. The molecule has 1 aliphatic carbocycles.